The Morgan fingerprint density at radius 3 is 2.56 bits per heavy atom. The average Bonchev–Trinajstić information content (AvgIpc) is 2.53. The molecule has 0 aliphatic rings. The first-order chi connectivity index (χ1) is 11.9. The van der Waals surface area contributed by atoms with Gasteiger partial charge in [-0.1, -0.05) is 39.8 Å². The van der Waals surface area contributed by atoms with Gasteiger partial charge < -0.3 is 10.6 Å². The van der Waals surface area contributed by atoms with Crippen LogP contribution in [0.1, 0.15) is 39.7 Å². The van der Waals surface area contributed by atoms with Crippen LogP contribution in [-0.4, -0.2) is 21.4 Å². The Morgan fingerprint density at radius 1 is 1.12 bits per heavy atom. The van der Waals surface area contributed by atoms with Crippen molar-refractivity contribution in [1.82, 2.24) is 10.2 Å². The third-order valence-electron chi connectivity index (χ3n) is 3.27. The molecule has 0 unspecified atom stereocenters. The Morgan fingerprint density at radius 2 is 1.92 bits per heavy atom. The topological polar surface area (TPSA) is 66.9 Å². The van der Waals surface area contributed by atoms with Crippen molar-refractivity contribution in [2.75, 3.05) is 10.6 Å². The molecule has 2 N–H and O–H groups in total. The highest BCUT2D eigenvalue weighted by Crippen LogP contribution is 2.20. The molecule has 1 aromatic heterocycles. The zero-order chi connectivity index (χ0) is 18.2. The van der Waals surface area contributed by atoms with Gasteiger partial charge in [0.25, 0.3) is 0 Å². The summed E-state index contributed by atoms with van der Waals surface area (Å²) >= 11 is 1.69. The number of carbonyl (C=O) groups is 1. The van der Waals surface area contributed by atoms with Gasteiger partial charge in [0.05, 0.1) is 0 Å². The van der Waals surface area contributed by atoms with Gasteiger partial charge in [0.15, 0.2) is 0 Å². The van der Waals surface area contributed by atoms with E-state index in [-0.39, 0.29) is 5.91 Å². The minimum absolute atomic E-state index is 0.0456. The van der Waals surface area contributed by atoms with Crippen LogP contribution in [-0.2, 0) is 11.3 Å². The Kier molecular flexibility index (Phi) is 7.25. The first-order valence-electron chi connectivity index (χ1n) is 8.55. The van der Waals surface area contributed by atoms with Crippen molar-refractivity contribution >= 4 is 29.2 Å². The average molecular weight is 359 g/mol. The minimum atomic E-state index is 0.0456. The lowest BCUT2D eigenvalue weighted by Crippen LogP contribution is -2.14. The number of nitrogens with zero attached hydrogens (tertiary/aromatic N) is 2. The van der Waals surface area contributed by atoms with E-state index >= 15 is 0 Å². The van der Waals surface area contributed by atoms with Crippen LogP contribution in [0.2, 0.25) is 0 Å². The maximum Gasteiger partial charge on any atom is 0.224 e. The Bertz CT molecular complexity index is 686. The van der Waals surface area contributed by atoms with Crippen molar-refractivity contribution in [3.8, 4) is 0 Å². The maximum atomic E-state index is 11.9. The van der Waals surface area contributed by atoms with E-state index in [0.29, 0.717) is 24.1 Å². The van der Waals surface area contributed by atoms with Crippen molar-refractivity contribution in [1.29, 1.82) is 0 Å². The van der Waals surface area contributed by atoms with Crippen molar-refractivity contribution < 1.29 is 4.79 Å². The number of amides is 1. The number of anilines is 2. The first kappa shape index (κ1) is 19.2. The second kappa shape index (κ2) is 9.42. The number of carbonyl (C=O) groups excluding carboxylic acids is 1. The SMILES string of the molecule is CC(C)CC(=O)Nc1cccc(CNc2ccc(SC(C)C)nn2)c1. The van der Waals surface area contributed by atoms with Crippen molar-refractivity contribution in [2.24, 2.45) is 5.92 Å². The molecule has 1 heterocycles. The smallest absolute Gasteiger partial charge is 0.224 e. The highest BCUT2D eigenvalue weighted by Gasteiger charge is 2.06. The van der Waals surface area contributed by atoms with E-state index in [1.165, 1.54) is 0 Å². The molecule has 6 heteroatoms. The van der Waals surface area contributed by atoms with Crippen LogP contribution >= 0.6 is 11.8 Å². The Balaban J connectivity index is 1.90. The standard InChI is InChI=1S/C19H26N4OS/c1-13(2)10-18(24)21-16-7-5-6-15(11-16)12-20-17-8-9-19(23-22-17)25-14(3)4/h5-9,11,13-14H,10,12H2,1-4H3,(H,20,22)(H,21,24). The summed E-state index contributed by atoms with van der Waals surface area (Å²) in [5, 5.41) is 16.0. The van der Waals surface area contributed by atoms with Gasteiger partial charge in [-0.15, -0.1) is 22.0 Å². The third kappa shape index (κ3) is 7.13. The molecule has 0 saturated heterocycles. The van der Waals surface area contributed by atoms with Gasteiger partial charge in [-0.2, -0.15) is 0 Å². The predicted octanol–water partition coefficient (Wildman–Crippen LogP) is 4.57. The van der Waals surface area contributed by atoms with E-state index in [2.05, 4.69) is 34.7 Å². The molecule has 1 aromatic carbocycles. The van der Waals surface area contributed by atoms with E-state index in [0.717, 1.165) is 22.1 Å². The fourth-order valence-corrected chi connectivity index (χ4v) is 2.97. The summed E-state index contributed by atoms with van der Waals surface area (Å²) in [6.45, 7) is 8.95. The molecular weight excluding hydrogens is 332 g/mol. The van der Waals surface area contributed by atoms with Crippen molar-refractivity contribution in [2.45, 2.75) is 50.9 Å². The summed E-state index contributed by atoms with van der Waals surface area (Å²) in [6.07, 6.45) is 0.527. The molecule has 25 heavy (non-hydrogen) atoms. The minimum Gasteiger partial charge on any atom is -0.365 e. The number of aromatic nitrogens is 2. The number of hydrogen-bond acceptors (Lipinski definition) is 5. The second-order valence-corrected chi connectivity index (χ2v) is 8.22. The van der Waals surface area contributed by atoms with Crippen LogP contribution in [0.5, 0.6) is 0 Å². The second-order valence-electron chi connectivity index (χ2n) is 6.62. The van der Waals surface area contributed by atoms with E-state index in [4.69, 9.17) is 0 Å². The molecule has 2 aromatic rings. The molecular formula is C19H26N4OS. The highest BCUT2D eigenvalue weighted by atomic mass is 32.2. The molecule has 0 fully saturated rings. The summed E-state index contributed by atoms with van der Waals surface area (Å²) in [6, 6.07) is 11.7. The lowest BCUT2D eigenvalue weighted by atomic mass is 10.1. The first-order valence-corrected chi connectivity index (χ1v) is 9.43. The molecule has 0 atom stereocenters. The molecule has 0 bridgehead atoms. The molecule has 0 spiro atoms. The molecule has 5 nitrogen and oxygen atoms in total. The van der Waals surface area contributed by atoms with Crippen molar-refractivity contribution in [3.05, 3.63) is 42.0 Å². The van der Waals surface area contributed by atoms with Crippen LogP contribution in [0.25, 0.3) is 0 Å². The summed E-state index contributed by atoms with van der Waals surface area (Å²) < 4.78 is 0. The van der Waals surface area contributed by atoms with Gasteiger partial charge in [0.1, 0.15) is 10.8 Å². The van der Waals surface area contributed by atoms with E-state index in [9.17, 15) is 4.79 Å². The zero-order valence-corrected chi connectivity index (χ0v) is 16.1. The quantitative estimate of drug-likeness (QED) is 0.677. The van der Waals surface area contributed by atoms with Crippen LogP contribution in [0.4, 0.5) is 11.5 Å². The normalized spacial score (nSPS) is 11.0. The molecule has 2 rings (SSSR count). The summed E-state index contributed by atoms with van der Waals surface area (Å²) in [5.74, 6) is 1.13. The summed E-state index contributed by atoms with van der Waals surface area (Å²) in [5.41, 5.74) is 1.89. The largest absolute Gasteiger partial charge is 0.365 e. The molecule has 0 aliphatic heterocycles. The van der Waals surface area contributed by atoms with Gasteiger partial charge >= 0.3 is 0 Å². The molecule has 0 radical (unpaired) electrons. The van der Waals surface area contributed by atoms with Crippen LogP contribution in [0.15, 0.2) is 41.4 Å². The van der Waals surface area contributed by atoms with Crippen LogP contribution in [0, 0.1) is 5.92 Å². The van der Waals surface area contributed by atoms with Gasteiger partial charge in [-0.05, 0) is 35.7 Å². The van der Waals surface area contributed by atoms with Crippen molar-refractivity contribution in [3.63, 3.8) is 0 Å². The molecule has 0 aliphatic carbocycles. The van der Waals surface area contributed by atoms with Gasteiger partial charge in [-0.3, -0.25) is 4.79 Å². The summed E-state index contributed by atoms with van der Waals surface area (Å²) in [4.78, 5) is 11.9. The number of thioether (sulfide) groups is 1. The lowest BCUT2D eigenvalue weighted by Gasteiger charge is -2.10. The number of hydrogen-bond donors (Lipinski definition) is 2. The van der Waals surface area contributed by atoms with Gasteiger partial charge in [0.2, 0.25) is 5.91 Å². The number of nitrogens with one attached hydrogen (secondary N) is 2. The molecule has 1 amide bonds. The van der Waals surface area contributed by atoms with Crippen LogP contribution < -0.4 is 10.6 Å². The third-order valence-corrected chi connectivity index (χ3v) is 4.21. The maximum absolute atomic E-state index is 11.9. The lowest BCUT2D eigenvalue weighted by molar-refractivity contribution is -0.116. The van der Waals surface area contributed by atoms with Crippen LogP contribution in [0.3, 0.4) is 0 Å². The van der Waals surface area contributed by atoms with Gasteiger partial charge in [0, 0.05) is 23.9 Å². The number of rotatable bonds is 8. The van der Waals surface area contributed by atoms with E-state index < -0.39 is 0 Å². The Labute approximate surface area is 154 Å². The fourth-order valence-electron chi connectivity index (χ4n) is 2.25. The molecule has 134 valence electrons. The predicted molar refractivity (Wildman–Crippen MR) is 105 cm³/mol. The summed E-state index contributed by atoms with van der Waals surface area (Å²) in [7, 11) is 0. The van der Waals surface area contributed by atoms with Gasteiger partial charge in [-0.25, -0.2) is 0 Å². The number of benzene rings is 1. The fraction of sp³-hybridized carbons (Fsp3) is 0.421. The monoisotopic (exact) mass is 358 g/mol. The molecule has 0 saturated carbocycles. The Hall–Kier alpha value is -2.08. The van der Waals surface area contributed by atoms with E-state index in [1.54, 1.807) is 11.8 Å². The zero-order valence-electron chi connectivity index (χ0n) is 15.2. The van der Waals surface area contributed by atoms with E-state index in [1.807, 2.05) is 50.2 Å². The highest BCUT2D eigenvalue weighted by molar-refractivity contribution is 7.99.